The minimum atomic E-state index is -1.14. The van der Waals surface area contributed by atoms with Crippen LogP contribution in [0.15, 0.2) is 18.2 Å². The largest absolute Gasteiger partial charge is 0.480 e. The number of carboxylic acids is 1. The number of benzene rings is 1. The van der Waals surface area contributed by atoms with Crippen LogP contribution in [-0.2, 0) is 9.59 Å². The zero-order valence-electron chi connectivity index (χ0n) is 12.7. The lowest BCUT2D eigenvalue weighted by Gasteiger charge is -2.18. The Labute approximate surface area is 132 Å². The number of nitrogens with one attached hydrogen (secondary N) is 1. The van der Waals surface area contributed by atoms with Gasteiger partial charge in [-0.3, -0.25) is 24.5 Å². The summed E-state index contributed by atoms with van der Waals surface area (Å²) in [5, 5.41) is 21.8. The number of likely N-dealkylation sites (N-methyl/N-ethyl adjacent to an activating group) is 1. The summed E-state index contributed by atoms with van der Waals surface area (Å²) >= 11 is 0. The quantitative estimate of drug-likeness (QED) is 0.557. The molecule has 9 nitrogen and oxygen atoms in total. The van der Waals surface area contributed by atoms with Gasteiger partial charge in [0.1, 0.15) is 6.54 Å². The molecule has 0 aromatic heterocycles. The second kappa shape index (κ2) is 7.87. The number of amides is 2. The third-order valence-electron chi connectivity index (χ3n) is 3.12. The second-order valence-electron chi connectivity index (χ2n) is 4.74. The van der Waals surface area contributed by atoms with Crippen molar-refractivity contribution in [2.45, 2.75) is 13.8 Å². The highest BCUT2D eigenvalue weighted by Gasteiger charge is 2.17. The Morgan fingerprint density at radius 2 is 2.00 bits per heavy atom. The summed E-state index contributed by atoms with van der Waals surface area (Å²) in [5.41, 5.74) is 0.411. The van der Waals surface area contributed by atoms with E-state index >= 15 is 0 Å². The highest BCUT2D eigenvalue weighted by Crippen LogP contribution is 2.18. The molecule has 0 aliphatic carbocycles. The van der Waals surface area contributed by atoms with Crippen molar-refractivity contribution in [1.82, 2.24) is 10.2 Å². The highest BCUT2D eigenvalue weighted by atomic mass is 16.6. The van der Waals surface area contributed by atoms with E-state index in [1.807, 2.05) is 0 Å². The molecule has 2 amide bonds. The molecule has 1 aromatic rings. The molecular formula is C14H17N3O6. The number of nitrogens with zero attached hydrogens (tertiary/aromatic N) is 2. The molecule has 9 heteroatoms. The maximum Gasteiger partial charge on any atom is 0.323 e. The Morgan fingerprint density at radius 3 is 2.48 bits per heavy atom. The Hall–Kier alpha value is -2.97. The van der Waals surface area contributed by atoms with E-state index in [2.05, 4.69) is 5.32 Å². The molecule has 0 saturated heterocycles. The van der Waals surface area contributed by atoms with Crippen LogP contribution in [0.25, 0.3) is 0 Å². The number of aliphatic carboxylic acids is 1. The van der Waals surface area contributed by atoms with Gasteiger partial charge in [0.2, 0.25) is 5.91 Å². The minimum Gasteiger partial charge on any atom is -0.480 e. The van der Waals surface area contributed by atoms with E-state index in [0.717, 1.165) is 4.90 Å². The number of nitro benzene ring substituents is 1. The molecular weight excluding hydrogens is 306 g/mol. The minimum absolute atomic E-state index is 0.101. The van der Waals surface area contributed by atoms with Crippen LogP contribution in [0.1, 0.15) is 22.8 Å². The number of hydrogen-bond donors (Lipinski definition) is 2. The van der Waals surface area contributed by atoms with Gasteiger partial charge in [0, 0.05) is 23.7 Å². The summed E-state index contributed by atoms with van der Waals surface area (Å²) in [6.07, 6.45) is 0. The van der Waals surface area contributed by atoms with E-state index in [1.165, 1.54) is 25.1 Å². The predicted octanol–water partition coefficient (Wildman–Crippen LogP) is 0.566. The topological polar surface area (TPSA) is 130 Å². The molecule has 23 heavy (non-hydrogen) atoms. The molecule has 0 bridgehead atoms. The fourth-order valence-corrected chi connectivity index (χ4v) is 1.91. The van der Waals surface area contributed by atoms with Gasteiger partial charge in [0.25, 0.3) is 11.6 Å². The fraction of sp³-hybridized carbons (Fsp3) is 0.357. The van der Waals surface area contributed by atoms with Gasteiger partial charge in [-0.05, 0) is 26.0 Å². The van der Waals surface area contributed by atoms with Crippen molar-refractivity contribution in [1.29, 1.82) is 0 Å². The maximum atomic E-state index is 11.9. The van der Waals surface area contributed by atoms with E-state index in [4.69, 9.17) is 5.11 Å². The summed E-state index contributed by atoms with van der Waals surface area (Å²) in [7, 11) is 0. The number of nitro groups is 1. The van der Waals surface area contributed by atoms with Gasteiger partial charge < -0.3 is 15.3 Å². The molecule has 0 unspecified atom stereocenters. The monoisotopic (exact) mass is 323 g/mol. The van der Waals surface area contributed by atoms with Crippen LogP contribution in [0.3, 0.4) is 0 Å². The van der Waals surface area contributed by atoms with E-state index in [-0.39, 0.29) is 24.3 Å². The van der Waals surface area contributed by atoms with Gasteiger partial charge in [0.15, 0.2) is 0 Å². The van der Waals surface area contributed by atoms with Crippen LogP contribution >= 0.6 is 0 Å². The zero-order valence-corrected chi connectivity index (χ0v) is 12.7. The molecule has 124 valence electrons. The first kappa shape index (κ1) is 18.1. The average Bonchev–Trinajstić information content (AvgIpc) is 2.49. The Kier molecular flexibility index (Phi) is 6.19. The normalized spacial score (nSPS) is 10.0. The SMILES string of the molecule is CCN(CC(=O)O)C(=O)CNC(=O)c1ccc([N+](=O)[O-])c(C)c1. The van der Waals surface area contributed by atoms with Crippen molar-refractivity contribution in [2.24, 2.45) is 0 Å². The second-order valence-corrected chi connectivity index (χ2v) is 4.74. The highest BCUT2D eigenvalue weighted by molar-refractivity contribution is 5.97. The molecule has 0 radical (unpaired) electrons. The van der Waals surface area contributed by atoms with Crippen molar-refractivity contribution < 1.29 is 24.4 Å². The first-order valence-electron chi connectivity index (χ1n) is 6.79. The zero-order chi connectivity index (χ0) is 17.6. The molecule has 2 N–H and O–H groups in total. The number of carbonyl (C=O) groups excluding carboxylic acids is 2. The van der Waals surface area contributed by atoms with Gasteiger partial charge in [-0.1, -0.05) is 0 Å². The number of carboxylic acid groups (broad SMARTS) is 1. The fourth-order valence-electron chi connectivity index (χ4n) is 1.91. The number of hydrogen-bond acceptors (Lipinski definition) is 5. The lowest BCUT2D eigenvalue weighted by molar-refractivity contribution is -0.385. The molecule has 1 aromatic carbocycles. The summed E-state index contributed by atoms with van der Waals surface area (Å²) in [6, 6.07) is 3.86. The van der Waals surface area contributed by atoms with Crippen molar-refractivity contribution in [3.8, 4) is 0 Å². The van der Waals surface area contributed by atoms with Crippen molar-refractivity contribution in [2.75, 3.05) is 19.6 Å². The van der Waals surface area contributed by atoms with Gasteiger partial charge in [0.05, 0.1) is 11.5 Å². The molecule has 0 saturated carbocycles. The lowest BCUT2D eigenvalue weighted by Crippen LogP contribution is -2.42. The molecule has 0 aliphatic rings. The lowest BCUT2D eigenvalue weighted by atomic mass is 10.1. The number of carbonyl (C=O) groups is 3. The summed E-state index contributed by atoms with van der Waals surface area (Å²) in [4.78, 5) is 45.6. The van der Waals surface area contributed by atoms with Gasteiger partial charge in [-0.25, -0.2) is 0 Å². The van der Waals surface area contributed by atoms with Gasteiger partial charge in [-0.2, -0.15) is 0 Å². The van der Waals surface area contributed by atoms with E-state index in [9.17, 15) is 24.5 Å². The third-order valence-corrected chi connectivity index (χ3v) is 3.12. The summed E-state index contributed by atoms with van der Waals surface area (Å²) in [5.74, 6) is -2.23. The molecule has 0 heterocycles. The first-order chi connectivity index (χ1) is 10.8. The van der Waals surface area contributed by atoms with Crippen molar-refractivity contribution in [3.05, 3.63) is 39.4 Å². The summed E-state index contributed by atoms with van der Waals surface area (Å²) < 4.78 is 0. The smallest absolute Gasteiger partial charge is 0.323 e. The van der Waals surface area contributed by atoms with Crippen LogP contribution < -0.4 is 5.32 Å². The molecule has 1 rings (SSSR count). The standard InChI is InChI=1S/C14H17N3O6/c1-3-16(8-13(19)20)12(18)7-15-14(21)10-4-5-11(17(22)23)9(2)6-10/h4-6H,3,7-8H2,1-2H3,(H,15,21)(H,19,20). The van der Waals surface area contributed by atoms with Crippen LogP contribution in [0, 0.1) is 17.0 Å². The Balaban J connectivity index is 2.69. The predicted molar refractivity (Wildman–Crippen MR) is 80.1 cm³/mol. The van der Waals surface area contributed by atoms with E-state index in [1.54, 1.807) is 6.92 Å². The maximum absolute atomic E-state index is 11.9. The average molecular weight is 323 g/mol. The number of aryl methyl sites for hydroxylation is 1. The summed E-state index contributed by atoms with van der Waals surface area (Å²) in [6.45, 7) is 2.55. The van der Waals surface area contributed by atoms with Crippen LogP contribution in [-0.4, -0.2) is 52.3 Å². The third kappa shape index (κ3) is 5.06. The first-order valence-corrected chi connectivity index (χ1v) is 6.79. The molecule has 0 atom stereocenters. The van der Waals surface area contributed by atoms with E-state index < -0.39 is 29.3 Å². The Morgan fingerprint density at radius 1 is 1.35 bits per heavy atom. The van der Waals surface area contributed by atoms with Crippen LogP contribution in [0.4, 0.5) is 5.69 Å². The molecule has 0 fully saturated rings. The number of rotatable bonds is 7. The Bertz CT molecular complexity index is 643. The molecule has 0 spiro atoms. The van der Waals surface area contributed by atoms with Crippen LogP contribution in [0.2, 0.25) is 0 Å². The molecule has 0 aliphatic heterocycles. The van der Waals surface area contributed by atoms with Gasteiger partial charge >= 0.3 is 5.97 Å². The van der Waals surface area contributed by atoms with Gasteiger partial charge in [-0.15, -0.1) is 0 Å². The van der Waals surface area contributed by atoms with E-state index in [0.29, 0.717) is 5.56 Å². The van der Waals surface area contributed by atoms with Crippen molar-refractivity contribution in [3.63, 3.8) is 0 Å². The van der Waals surface area contributed by atoms with Crippen molar-refractivity contribution >= 4 is 23.5 Å². The van der Waals surface area contributed by atoms with Crippen LogP contribution in [0.5, 0.6) is 0 Å².